The minimum Gasteiger partial charge on any atom is -0.321 e. The molecule has 1 N–H and O–H groups in total. The van der Waals surface area contributed by atoms with Crippen molar-refractivity contribution in [2.75, 3.05) is 38.0 Å². The normalized spacial score (nSPS) is 16.7. The molecule has 1 aliphatic heterocycles. The number of likely N-dealkylation sites (N-methyl/N-ethyl adjacent to an activating group) is 1. The summed E-state index contributed by atoms with van der Waals surface area (Å²) in [6, 6.07) is 10.6. The van der Waals surface area contributed by atoms with Crippen molar-refractivity contribution in [2.24, 2.45) is 0 Å². The number of anilines is 1. The van der Waals surface area contributed by atoms with Gasteiger partial charge in [-0.05, 0) is 24.7 Å². The molecule has 0 radical (unpaired) electrons. The van der Waals surface area contributed by atoms with E-state index in [2.05, 4.69) is 17.1 Å². The summed E-state index contributed by atoms with van der Waals surface area (Å²) in [6.45, 7) is 5.44. The highest BCUT2D eigenvalue weighted by Gasteiger charge is 2.29. The molecule has 2 aromatic rings. The van der Waals surface area contributed by atoms with E-state index in [4.69, 9.17) is 0 Å². The van der Waals surface area contributed by atoms with Crippen LogP contribution in [0.15, 0.2) is 46.7 Å². The first kappa shape index (κ1) is 18.1. The monoisotopic (exact) mass is 379 g/mol. The predicted octanol–water partition coefficient (Wildman–Crippen LogP) is 2.33. The molecule has 1 aliphatic rings. The van der Waals surface area contributed by atoms with Crippen molar-refractivity contribution in [1.82, 2.24) is 9.21 Å². The lowest BCUT2D eigenvalue weighted by Crippen LogP contribution is -2.48. The van der Waals surface area contributed by atoms with Crippen LogP contribution in [0.1, 0.15) is 16.6 Å². The molecular weight excluding hydrogens is 358 g/mol. The van der Waals surface area contributed by atoms with Crippen LogP contribution in [-0.2, 0) is 10.0 Å². The molecule has 6 nitrogen and oxygen atoms in total. The molecule has 0 atom stereocenters. The first-order chi connectivity index (χ1) is 12.0. The molecule has 25 heavy (non-hydrogen) atoms. The minimum atomic E-state index is -3.54. The number of nitrogens with one attached hydrogen (secondary N) is 1. The number of piperazine rings is 1. The number of hydrogen-bond donors (Lipinski definition) is 1. The molecule has 0 aliphatic carbocycles. The zero-order chi connectivity index (χ0) is 17.9. The molecule has 1 amide bonds. The van der Waals surface area contributed by atoms with Crippen LogP contribution >= 0.6 is 11.3 Å². The molecule has 134 valence electrons. The van der Waals surface area contributed by atoms with E-state index in [1.54, 1.807) is 17.5 Å². The van der Waals surface area contributed by atoms with Gasteiger partial charge < -0.3 is 10.2 Å². The number of thiophene rings is 1. The van der Waals surface area contributed by atoms with Crippen molar-refractivity contribution in [3.8, 4) is 0 Å². The predicted molar refractivity (Wildman–Crippen MR) is 99.6 cm³/mol. The van der Waals surface area contributed by atoms with Gasteiger partial charge in [-0.15, -0.1) is 11.3 Å². The van der Waals surface area contributed by atoms with Gasteiger partial charge in [-0.25, -0.2) is 8.42 Å². The summed E-state index contributed by atoms with van der Waals surface area (Å²) in [5, 5.41) is 4.32. The molecule has 0 saturated carbocycles. The van der Waals surface area contributed by atoms with Gasteiger partial charge in [0.2, 0.25) is 10.0 Å². The van der Waals surface area contributed by atoms with Crippen LogP contribution in [0.3, 0.4) is 0 Å². The quantitative estimate of drug-likeness (QED) is 0.866. The number of benzene rings is 1. The third-order valence-electron chi connectivity index (χ3n) is 4.25. The van der Waals surface area contributed by atoms with Gasteiger partial charge >= 0.3 is 0 Å². The first-order valence-electron chi connectivity index (χ1n) is 8.18. The second-order valence-electron chi connectivity index (χ2n) is 5.81. The number of carbonyl (C=O) groups is 1. The Morgan fingerprint density at radius 3 is 2.48 bits per heavy atom. The molecule has 1 aromatic carbocycles. The third-order valence-corrected chi connectivity index (χ3v) is 7.20. The Hall–Kier alpha value is -1.74. The highest BCUT2D eigenvalue weighted by Crippen LogP contribution is 2.24. The number of amides is 1. The van der Waals surface area contributed by atoms with Crippen molar-refractivity contribution in [2.45, 2.75) is 11.8 Å². The second-order valence-corrected chi connectivity index (χ2v) is 8.65. The van der Waals surface area contributed by atoms with E-state index in [0.29, 0.717) is 23.7 Å². The molecule has 8 heteroatoms. The van der Waals surface area contributed by atoms with Crippen LogP contribution < -0.4 is 5.32 Å². The molecule has 1 fully saturated rings. The molecule has 1 aromatic heterocycles. The Balaban J connectivity index is 1.71. The molecule has 0 unspecified atom stereocenters. The maximum Gasteiger partial charge on any atom is 0.265 e. The van der Waals surface area contributed by atoms with E-state index >= 15 is 0 Å². The van der Waals surface area contributed by atoms with Gasteiger partial charge in [0.25, 0.3) is 5.91 Å². The number of rotatable bonds is 5. The average Bonchev–Trinajstić information content (AvgIpc) is 3.14. The van der Waals surface area contributed by atoms with Gasteiger partial charge in [-0.2, -0.15) is 4.31 Å². The lowest BCUT2D eigenvalue weighted by atomic mass is 10.3. The Morgan fingerprint density at radius 1 is 1.16 bits per heavy atom. The van der Waals surface area contributed by atoms with Crippen LogP contribution in [0.4, 0.5) is 5.69 Å². The third kappa shape index (κ3) is 4.09. The van der Waals surface area contributed by atoms with Crippen LogP contribution in [0.5, 0.6) is 0 Å². The summed E-state index contributed by atoms with van der Waals surface area (Å²) < 4.78 is 27.0. The number of para-hydroxylation sites is 1. The van der Waals surface area contributed by atoms with Crippen molar-refractivity contribution >= 4 is 33.0 Å². The lowest BCUT2D eigenvalue weighted by molar-refractivity contribution is 0.103. The Morgan fingerprint density at radius 2 is 1.84 bits per heavy atom. The van der Waals surface area contributed by atoms with E-state index in [0.717, 1.165) is 31.0 Å². The number of sulfonamides is 1. The van der Waals surface area contributed by atoms with Gasteiger partial charge in [0.15, 0.2) is 0 Å². The van der Waals surface area contributed by atoms with Crippen molar-refractivity contribution in [3.05, 3.63) is 46.7 Å². The molecule has 0 spiro atoms. The maximum atomic E-state index is 12.8. The molecule has 3 rings (SSSR count). The largest absolute Gasteiger partial charge is 0.321 e. The first-order valence-corrected chi connectivity index (χ1v) is 10.5. The van der Waals surface area contributed by atoms with E-state index in [-0.39, 0.29) is 10.8 Å². The highest BCUT2D eigenvalue weighted by molar-refractivity contribution is 7.89. The number of carbonyl (C=O) groups excluding carboxylic acids is 1. The molecule has 2 heterocycles. The second kappa shape index (κ2) is 7.65. The van der Waals surface area contributed by atoms with Crippen molar-refractivity contribution < 1.29 is 13.2 Å². The summed E-state index contributed by atoms with van der Waals surface area (Å²) >= 11 is 1.14. The summed E-state index contributed by atoms with van der Waals surface area (Å²) in [4.78, 5) is 15.1. The van der Waals surface area contributed by atoms with E-state index in [1.807, 2.05) is 18.2 Å². The maximum absolute atomic E-state index is 12.8. The standard InChI is InChI=1S/C17H21N3O3S2/c1-2-19-8-10-20(11-9-19)25(22,23)15-12-16(24-13-15)17(21)18-14-6-4-3-5-7-14/h3-7,12-13H,2,8-11H2,1H3,(H,18,21). The van der Waals surface area contributed by atoms with Crippen LogP contribution in [0, 0.1) is 0 Å². The van der Waals surface area contributed by atoms with Gasteiger partial charge in [0.1, 0.15) is 0 Å². The van der Waals surface area contributed by atoms with Crippen LogP contribution in [0.2, 0.25) is 0 Å². The zero-order valence-corrected chi connectivity index (χ0v) is 15.6. The van der Waals surface area contributed by atoms with Gasteiger partial charge in [0.05, 0.1) is 9.77 Å². The topological polar surface area (TPSA) is 69.7 Å². The fourth-order valence-electron chi connectivity index (χ4n) is 2.72. The SMILES string of the molecule is CCN1CCN(S(=O)(=O)c2csc(C(=O)Nc3ccccc3)c2)CC1. The Kier molecular flexibility index (Phi) is 5.53. The summed E-state index contributed by atoms with van der Waals surface area (Å²) in [6.07, 6.45) is 0. The van der Waals surface area contributed by atoms with Crippen LogP contribution in [0.25, 0.3) is 0 Å². The fraction of sp³-hybridized carbons (Fsp3) is 0.353. The number of hydrogen-bond acceptors (Lipinski definition) is 5. The molecule has 1 saturated heterocycles. The minimum absolute atomic E-state index is 0.195. The molecule has 0 bridgehead atoms. The zero-order valence-electron chi connectivity index (χ0n) is 14.0. The Labute approximate surface area is 152 Å². The summed E-state index contributed by atoms with van der Waals surface area (Å²) in [5.41, 5.74) is 0.681. The van der Waals surface area contributed by atoms with Crippen molar-refractivity contribution in [1.29, 1.82) is 0 Å². The molecular formula is C17H21N3O3S2. The van der Waals surface area contributed by atoms with E-state index in [1.165, 1.54) is 10.4 Å². The average molecular weight is 380 g/mol. The Bertz CT molecular complexity index is 826. The fourth-order valence-corrected chi connectivity index (χ4v) is 5.30. The summed E-state index contributed by atoms with van der Waals surface area (Å²) in [5.74, 6) is -0.298. The van der Waals surface area contributed by atoms with Gasteiger partial charge in [-0.3, -0.25) is 4.79 Å². The van der Waals surface area contributed by atoms with Crippen LogP contribution in [-0.4, -0.2) is 56.3 Å². The van der Waals surface area contributed by atoms with E-state index in [9.17, 15) is 13.2 Å². The number of nitrogens with zero attached hydrogens (tertiary/aromatic N) is 2. The lowest BCUT2D eigenvalue weighted by Gasteiger charge is -2.32. The summed E-state index contributed by atoms with van der Waals surface area (Å²) in [7, 11) is -3.54. The highest BCUT2D eigenvalue weighted by atomic mass is 32.2. The smallest absolute Gasteiger partial charge is 0.265 e. The van der Waals surface area contributed by atoms with Gasteiger partial charge in [0, 0.05) is 37.2 Å². The van der Waals surface area contributed by atoms with Crippen molar-refractivity contribution in [3.63, 3.8) is 0 Å². The van der Waals surface area contributed by atoms with E-state index < -0.39 is 10.0 Å². The van der Waals surface area contributed by atoms with Gasteiger partial charge in [-0.1, -0.05) is 25.1 Å².